The van der Waals surface area contributed by atoms with Crippen molar-refractivity contribution in [1.29, 1.82) is 0 Å². The fourth-order valence-corrected chi connectivity index (χ4v) is 2.62. The number of fused-ring (bicyclic) bond motifs is 3. The van der Waals surface area contributed by atoms with Crippen molar-refractivity contribution in [2.24, 2.45) is 0 Å². The monoisotopic (exact) mass is 238 g/mol. The van der Waals surface area contributed by atoms with Crippen LogP contribution in [0.25, 0.3) is 11.1 Å². The van der Waals surface area contributed by atoms with Gasteiger partial charge in [-0.05, 0) is 34.2 Å². The van der Waals surface area contributed by atoms with Crippen LogP contribution >= 0.6 is 0 Å². The van der Waals surface area contributed by atoms with E-state index in [2.05, 4.69) is 30.3 Å². The highest BCUT2D eigenvalue weighted by Crippen LogP contribution is 2.38. The number of hydrogen-bond donors (Lipinski definition) is 0. The first-order chi connectivity index (χ1) is 8.79. The van der Waals surface area contributed by atoms with Gasteiger partial charge in [-0.25, -0.2) is 0 Å². The molecule has 0 unspecified atom stereocenters. The van der Waals surface area contributed by atoms with Crippen molar-refractivity contribution < 1.29 is 9.53 Å². The quantitative estimate of drug-likeness (QED) is 0.641. The lowest BCUT2D eigenvalue weighted by Gasteiger charge is -2.07. The highest BCUT2D eigenvalue weighted by atomic mass is 16.5. The summed E-state index contributed by atoms with van der Waals surface area (Å²) in [7, 11) is 1.43. The number of ether oxygens (including phenoxy) is 1. The SMILES string of the molecule is COC(=O)Cc1cccc2c1Cc1ccccc1-2. The lowest BCUT2D eigenvalue weighted by Crippen LogP contribution is -2.06. The topological polar surface area (TPSA) is 26.3 Å². The summed E-state index contributed by atoms with van der Waals surface area (Å²) in [6.07, 6.45) is 1.27. The van der Waals surface area contributed by atoms with E-state index in [4.69, 9.17) is 4.74 Å². The Hall–Kier alpha value is -2.09. The van der Waals surface area contributed by atoms with Crippen LogP contribution in [0, 0.1) is 0 Å². The van der Waals surface area contributed by atoms with Crippen molar-refractivity contribution in [3.63, 3.8) is 0 Å². The summed E-state index contributed by atoms with van der Waals surface area (Å²) < 4.78 is 4.75. The molecule has 2 aromatic rings. The Bertz CT molecular complexity index is 614. The number of rotatable bonds is 2. The van der Waals surface area contributed by atoms with Gasteiger partial charge in [-0.15, -0.1) is 0 Å². The van der Waals surface area contributed by atoms with Crippen LogP contribution in [0.4, 0.5) is 0 Å². The number of esters is 1. The van der Waals surface area contributed by atoms with Crippen molar-refractivity contribution >= 4 is 5.97 Å². The second-order valence-corrected chi connectivity index (χ2v) is 4.53. The molecule has 90 valence electrons. The van der Waals surface area contributed by atoms with E-state index in [1.807, 2.05) is 12.1 Å². The van der Waals surface area contributed by atoms with Gasteiger partial charge in [0.2, 0.25) is 0 Å². The van der Waals surface area contributed by atoms with E-state index in [0.717, 1.165) is 12.0 Å². The Kier molecular flexibility index (Phi) is 2.63. The molecule has 2 nitrogen and oxygen atoms in total. The summed E-state index contributed by atoms with van der Waals surface area (Å²) in [6, 6.07) is 14.6. The lowest BCUT2D eigenvalue weighted by atomic mass is 9.99. The first-order valence-corrected chi connectivity index (χ1v) is 6.05. The molecule has 0 fully saturated rings. The maximum atomic E-state index is 11.4. The summed E-state index contributed by atoms with van der Waals surface area (Å²) in [5.41, 5.74) is 6.23. The molecule has 1 aliphatic rings. The van der Waals surface area contributed by atoms with Crippen LogP contribution < -0.4 is 0 Å². The molecule has 0 aromatic heterocycles. The molecule has 0 amide bonds. The van der Waals surface area contributed by atoms with Gasteiger partial charge in [0.15, 0.2) is 0 Å². The van der Waals surface area contributed by atoms with Gasteiger partial charge in [0.25, 0.3) is 0 Å². The molecule has 2 heteroatoms. The predicted molar refractivity (Wildman–Crippen MR) is 70.4 cm³/mol. The first-order valence-electron chi connectivity index (χ1n) is 6.05. The number of hydrogen-bond acceptors (Lipinski definition) is 2. The van der Waals surface area contributed by atoms with Gasteiger partial charge in [0, 0.05) is 0 Å². The van der Waals surface area contributed by atoms with Crippen LogP contribution in [-0.4, -0.2) is 13.1 Å². The second kappa shape index (κ2) is 4.30. The van der Waals surface area contributed by atoms with E-state index in [-0.39, 0.29) is 5.97 Å². The molecule has 3 rings (SSSR count). The third kappa shape index (κ3) is 1.70. The molecule has 0 radical (unpaired) electrons. The summed E-state index contributed by atoms with van der Waals surface area (Å²) in [5.74, 6) is -0.181. The molecule has 0 heterocycles. The molecule has 0 saturated heterocycles. The van der Waals surface area contributed by atoms with Gasteiger partial charge in [-0.1, -0.05) is 42.5 Å². The Labute approximate surface area is 106 Å². The standard InChI is InChI=1S/C16H14O2/c1-18-16(17)10-12-6-4-8-14-13-7-3-2-5-11(13)9-15(12)14/h2-8H,9-10H2,1H3. The number of carbonyl (C=O) groups excluding carboxylic acids is 1. The van der Waals surface area contributed by atoms with Gasteiger partial charge in [-0.3, -0.25) is 4.79 Å². The zero-order valence-electron chi connectivity index (χ0n) is 10.3. The van der Waals surface area contributed by atoms with Crippen molar-refractivity contribution in [3.05, 3.63) is 59.2 Å². The second-order valence-electron chi connectivity index (χ2n) is 4.53. The summed E-state index contributed by atoms with van der Waals surface area (Å²) in [6.45, 7) is 0. The molecule has 2 aromatic carbocycles. The Balaban J connectivity index is 2.06. The van der Waals surface area contributed by atoms with Gasteiger partial charge in [0.05, 0.1) is 13.5 Å². The van der Waals surface area contributed by atoms with Crippen LogP contribution in [0.2, 0.25) is 0 Å². The van der Waals surface area contributed by atoms with E-state index < -0.39 is 0 Å². The third-order valence-corrected chi connectivity index (χ3v) is 3.51. The van der Waals surface area contributed by atoms with E-state index in [1.165, 1.54) is 29.4 Å². The average Bonchev–Trinajstić information content (AvgIpc) is 2.78. The highest BCUT2D eigenvalue weighted by Gasteiger charge is 2.21. The van der Waals surface area contributed by atoms with Crippen molar-refractivity contribution in [2.75, 3.05) is 7.11 Å². The minimum atomic E-state index is -0.181. The first kappa shape index (κ1) is 11.0. The summed E-state index contributed by atoms with van der Waals surface area (Å²) >= 11 is 0. The lowest BCUT2D eigenvalue weighted by molar-refractivity contribution is -0.139. The zero-order chi connectivity index (χ0) is 12.5. The molecule has 0 N–H and O–H groups in total. The zero-order valence-corrected chi connectivity index (χ0v) is 10.3. The van der Waals surface area contributed by atoms with Gasteiger partial charge in [0.1, 0.15) is 0 Å². The molecular formula is C16H14O2. The molecule has 0 atom stereocenters. The molecule has 0 spiro atoms. The molecule has 0 aliphatic heterocycles. The van der Waals surface area contributed by atoms with Gasteiger partial charge < -0.3 is 4.74 Å². The molecule has 1 aliphatic carbocycles. The van der Waals surface area contributed by atoms with Gasteiger partial charge in [-0.2, -0.15) is 0 Å². The van der Waals surface area contributed by atoms with Crippen molar-refractivity contribution in [1.82, 2.24) is 0 Å². The average molecular weight is 238 g/mol. The minimum absolute atomic E-state index is 0.181. The number of carbonyl (C=O) groups is 1. The van der Waals surface area contributed by atoms with Crippen LogP contribution in [0.15, 0.2) is 42.5 Å². The Morgan fingerprint density at radius 3 is 2.72 bits per heavy atom. The fourth-order valence-electron chi connectivity index (χ4n) is 2.62. The largest absolute Gasteiger partial charge is 0.469 e. The summed E-state index contributed by atoms with van der Waals surface area (Å²) in [4.78, 5) is 11.4. The van der Waals surface area contributed by atoms with Crippen molar-refractivity contribution in [2.45, 2.75) is 12.8 Å². The molecule has 0 saturated carbocycles. The maximum Gasteiger partial charge on any atom is 0.309 e. The van der Waals surface area contributed by atoms with E-state index >= 15 is 0 Å². The maximum absolute atomic E-state index is 11.4. The van der Waals surface area contributed by atoms with Crippen LogP contribution in [0.5, 0.6) is 0 Å². The normalized spacial score (nSPS) is 11.8. The third-order valence-electron chi connectivity index (χ3n) is 3.51. The highest BCUT2D eigenvalue weighted by molar-refractivity contribution is 5.80. The van der Waals surface area contributed by atoms with Crippen molar-refractivity contribution in [3.8, 4) is 11.1 Å². The van der Waals surface area contributed by atoms with Crippen LogP contribution in [-0.2, 0) is 22.4 Å². The molecule has 0 bridgehead atoms. The Morgan fingerprint density at radius 1 is 1.11 bits per heavy atom. The van der Waals surface area contributed by atoms with E-state index in [1.54, 1.807) is 0 Å². The van der Waals surface area contributed by atoms with Crippen LogP contribution in [0.3, 0.4) is 0 Å². The Morgan fingerprint density at radius 2 is 1.89 bits per heavy atom. The smallest absolute Gasteiger partial charge is 0.309 e. The van der Waals surface area contributed by atoms with E-state index in [0.29, 0.717) is 6.42 Å². The molecular weight excluding hydrogens is 224 g/mol. The van der Waals surface area contributed by atoms with Crippen LogP contribution in [0.1, 0.15) is 16.7 Å². The number of benzene rings is 2. The van der Waals surface area contributed by atoms with Gasteiger partial charge >= 0.3 is 5.97 Å². The summed E-state index contributed by atoms with van der Waals surface area (Å²) in [5, 5.41) is 0. The predicted octanol–water partition coefficient (Wildman–Crippen LogP) is 2.97. The molecule has 18 heavy (non-hydrogen) atoms. The fraction of sp³-hybridized carbons (Fsp3) is 0.188. The van der Waals surface area contributed by atoms with E-state index in [9.17, 15) is 4.79 Å². The number of methoxy groups -OCH3 is 1. The minimum Gasteiger partial charge on any atom is -0.469 e.